The summed E-state index contributed by atoms with van der Waals surface area (Å²) in [6, 6.07) is 5.01. The summed E-state index contributed by atoms with van der Waals surface area (Å²) in [6.45, 7) is 0.861. The zero-order chi connectivity index (χ0) is 21.0. The Morgan fingerprint density at radius 2 is 1.93 bits per heavy atom. The maximum atomic E-state index is 12.6. The number of nitrogens with two attached hydrogens (primary N) is 1. The number of hydrogen-bond donors (Lipinski definition) is 1. The van der Waals surface area contributed by atoms with Gasteiger partial charge in [0.2, 0.25) is 5.91 Å². The molecule has 1 aromatic carbocycles. The van der Waals surface area contributed by atoms with Gasteiger partial charge >= 0.3 is 0 Å². The number of imide groups is 1. The molecule has 3 rings (SSSR count). The van der Waals surface area contributed by atoms with E-state index in [2.05, 4.69) is 15.9 Å². The van der Waals surface area contributed by atoms with Crippen LogP contribution in [0.3, 0.4) is 0 Å². The molecule has 0 unspecified atom stereocenters. The van der Waals surface area contributed by atoms with Crippen LogP contribution in [-0.2, 0) is 14.4 Å². The van der Waals surface area contributed by atoms with Gasteiger partial charge in [0.1, 0.15) is 12.3 Å². The van der Waals surface area contributed by atoms with Crippen molar-refractivity contribution in [3.05, 3.63) is 33.1 Å². The minimum Gasteiger partial charge on any atom is -0.483 e. The highest BCUT2D eigenvalue weighted by molar-refractivity contribution is 9.10. The molecule has 2 fully saturated rings. The number of primary amides is 1. The zero-order valence-electron chi connectivity index (χ0n) is 15.6. The Balaban J connectivity index is 1.68. The van der Waals surface area contributed by atoms with Crippen LogP contribution >= 0.6 is 27.7 Å². The molecule has 0 atom stereocenters. The first-order valence-electron chi connectivity index (χ1n) is 9.09. The minimum absolute atomic E-state index is 0.202. The maximum Gasteiger partial charge on any atom is 0.294 e. The van der Waals surface area contributed by atoms with E-state index in [4.69, 9.17) is 10.5 Å². The molecule has 0 saturated carbocycles. The molecule has 0 bridgehead atoms. The largest absolute Gasteiger partial charge is 0.483 e. The zero-order valence-corrected chi connectivity index (χ0v) is 18.0. The first kappa shape index (κ1) is 21.4. The molecule has 2 saturated heterocycles. The average Bonchev–Trinajstić information content (AvgIpc) is 2.95. The Morgan fingerprint density at radius 3 is 2.59 bits per heavy atom. The quantitative estimate of drug-likeness (QED) is 0.624. The third kappa shape index (κ3) is 5.39. The molecule has 154 valence electrons. The summed E-state index contributed by atoms with van der Waals surface area (Å²) < 4.78 is 5.84. The minimum atomic E-state index is -0.589. The predicted octanol–water partition coefficient (Wildman–Crippen LogP) is 2.36. The van der Waals surface area contributed by atoms with Gasteiger partial charge in [-0.1, -0.05) is 6.07 Å². The lowest BCUT2D eigenvalue weighted by Gasteiger charge is -2.27. The molecule has 2 heterocycles. The van der Waals surface area contributed by atoms with Gasteiger partial charge in [0, 0.05) is 13.1 Å². The van der Waals surface area contributed by atoms with Crippen molar-refractivity contribution in [1.82, 2.24) is 9.80 Å². The Kier molecular flexibility index (Phi) is 6.96. The molecule has 10 heteroatoms. The van der Waals surface area contributed by atoms with Gasteiger partial charge in [0.25, 0.3) is 17.1 Å². The average molecular weight is 482 g/mol. The summed E-state index contributed by atoms with van der Waals surface area (Å²) in [6.07, 6.45) is 4.57. The van der Waals surface area contributed by atoms with Crippen molar-refractivity contribution in [2.75, 3.05) is 26.2 Å². The van der Waals surface area contributed by atoms with Crippen LogP contribution in [-0.4, -0.2) is 59.0 Å². The van der Waals surface area contributed by atoms with E-state index in [9.17, 15) is 19.2 Å². The summed E-state index contributed by atoms with van der Waals surface area (Å²) >= 11 is 4.15. The summed E-state index contributed by atoms with van der Waals surface area (Å²) in [7, 11) is 0. The van der Waals surface area contributed by atoms with Crippen LogP contribution in [0.15, 0.2) is 27.6 Å². The maximum absolute atomic E-state index is 12.6. The van der Waals surface area contributed by atoms with E-state index in [0.29, 0.717) is 28.9 Å². The number of benzene rings is 1. The molecule has 4 amide bonds. The number of ether oxygens (including phenoxy) is 1. The lowest BCUT2D eigenvalue weighted by atomic mass is 10.1. The van der Waals surface area contributed by atoms with E-state index in [1.807, 2.05) is 0 Å². The lowest BCUT2D eigenvalue weighted by Crippen LogP contribution is -2.44. The molecule has 8 nitrogen and oxygen atoms in total. The fourth-order valence-electron chi connectivity index (χ4n) is 3.04. The van der Waals surface area contributed by atoms with Crippen molar-refractivity contribution in [2.45, 2.75) is 19.3 Å². The summed E-state index contributed by atoms with van der Waals surface area (Å²) in [5, 5.41) is -0.452. The topological polar surface area (TPSA) is 110 Å². The molecule has 0 spiro atoms. The van der Waals surface area contributed by atoms with Crippen LogP contribution in [0.25, 0.3) is 6.08 Å². The van der Waals surface area contributed by atoms with Crippen LogP contribution in [0, 0.1) is 0 Å². The highest BCUT2D eigenvalue weighted by Gasteiger charge is 2.37. The van der Waals surface area contributed by atoms with Crippen LogP contribution in [0.2, 0.25) is 0 Å². The normalized spacial score (nSPS) is 18.4. The first-order chi connectivity index (χ1) is 13.8. The van der Waals surface area contributed by atoms with Gasteiger partial charge in [0.05, 0.1) is 9.38 Å². The molecule has 0 radical (unpaired) electrons. The smallest absolute Gasteiger partial charge is 0.294 e. The third-order valence-corrected chi connectivity index (χ3v) is 6.03. The van der Waals surface area contributed by atoms with E-state index in [1.54, 1.807) is 29.2 Å². The van der Waals surface area contributed by atoms with Crippen LogP contribution in [0.1, 0.15) is 24.8 Å². The van der Waals surface area contributed by atoms with Crippen molar-refractivity contribution in [2.24, 2.45) is 5.73 Å². The number of halogens is 1. The number of rotatable bonds is 6. The molecule has 1 aromatic rings. The van der Waals surface area contributed by atoms with E-state index < -0.39 is 17.1 Å². The number of amides is 4. The second-order valence-corrected chi connectivity index (χ2v) is 8.50. The molecular weight excluding hydrogens is 462 g/mol. The van der Waals surface area contributed by atoms with Crippen LogP contribution in [0.5, 0.6) is 5.75 Å². The van der Waals surface area contributed by atoms with Crippen LogP contribution in [0.4, 0.5) is 4.79 Å². The van der Waals surface area contributed by atoms with Gasteiger partial charge in [-0.15, -0.1) is 0 Å². The van der Waals surface area contributed by atoms with Gasteiger partial charge in [0.15, 0.2) is 6.61 Å². The fourth-order valence-corrected chi connectivity index (χ4v) is 4.39. The molecule has 2 aliphatic heterocycles. The van der Waals surface area contributed by atoms with Crippen molar-refractivity contribution < 1.29 is 23.9 Å². The number of likely N-dealkylation sites (tertiary alicyclic amines) is 1. The Bertz CT molecular complexity index is 883. The number of carbonyl (C=O) groups excluding carboxylic acids is 4. The van der Waals surface area contributed by atoms with Crippen molar-refractivity contribution in [3.8, 4) is 5.75 Å². The number of hydrogen-bond acceptors (Lipinski definition) is 6. The fraction of sp³-hybridized carbons (Fsp3) is 0.368. The summed E-state index contributed by atoms with van der Waals surface area (Å²) in [5.41, 5.74) is 5.72. The van der Waals surface area contributed by atoms with Crippen LogP contribution < -0.4 is 10.5 Å². The highest BCUT2D eigenvalue weighted by atomic mass is 79.9. The van der Waals surface area contributed by atoms with Gasteiger partial charge in [-0.3, -0.25) is 24.1 Å². The highest BCUT2D eigenvalue weighted by Crippen LogP contribution is 2.34. The number of carbonyl (C=O) groups is 4. The number of piperidine rings is 1. The molecule has 29 heavy (non-hydrogen) atoms. The standard InChI is InChI=1S/C19H20BrN3O5S/c20-13-8-12(4-5-14(13)28-11-16(21)24)9-15-18(26)23(19(27)29-15)10-17(25)22-6-2-1-3-7-22/h4-5,8-9H,1-3,6-7,10-11H2,(H2,21,24)/b15-9-. The van der Waals surface area contributed by atoms with Gasteiger partial charge in [-0.25, -0.2) is 0 Å². The van der Waals surface area contributed by atoms with Gasteiger partial charge in [-0.2, -0.15) is 0 Å². The Labute approximate surface area is 180 Å². The first-order valence-corrected chi connectivity index (χ1v) is 10.7. The van der Waals surface area contributed by atoms with E-state index >= 15 is 0 Å². The predicted molar refractivity (Wildman–Crippen MR) is 112 cm³/mol. The van der Waals surface area contributed by atoms with Crippen molar-refractivity contribution in [3.63, 3.8) is 0 Å². The second kappa shape index (κ2) is 9.45. The lowest BCUT2D eigenvalue weighted by molar-refractivity contribution is -0.136. The van der Waals surface area contributed by atoms with Crippen molar-refractivity contribution in [1.29, 1.82) is 0 Å². The van der Waals surface area contributed by atoms with E-state index in [0.717, 1.165) is 35.9 Å². The van der Waals surface area contributed by atoms with E-state index in [-0.39, 0.29) is 24.0 Å². The number of thioether (sulfide) groups is 1. The SMILES string of the molecule is NC(=O)COc1ccc(/C=C2\SC(=O)N(CC(=O)N3CCCCC3)C2=O)cc1Br. The molecule has 0 aromatic heterocycles. The molecule has 2 N–H and O–H groups in total. The Hall–Kier alpha value is -2.33. The Morgan fingerprint density at radius 1 is 1.21 bits per heavy atom. The van der Waals surface area contributed by atoms with Crippen molar-refractivity contribution >= 4 is 56.7 Å². The monoisotopic (exact) mass is 481 g/mol. The summed E-state index contributed by atoms with van der Waals surface area (Å²) in [5.74, 6) is -0.836. The van der Waals surface area contributed by atoms with E-state index in [1.165, 1.54) is 0 Å². The molecule has 2 aliphatic rings. The second-order valence-electron chi connectivity index (χ2n) is 6.65. The van der Waals surface area contributed by atoms with Gasteiger partial charge < -0.3 is 15.4 Å². The molecular formula is C19H20BrN3O5S. The van der Waals surface area contributed by atoms with Gasteiger partial charge in [-0.05, 0) is 70.7 Å². The third-order valence-electron chi connectivity index (χ3n) is 4.50. The number of nitrogens with zero attached hydrogens (tertiary/aromatic N) is 2. The summed E-state index contributed by atoms with van der Waals surface area (Å²) in [4.78, 5) is 51.1. The molecule has 0 aliphatic carbocycles.